The topological polar surface area (TPSA) is 168 Å². The summed E-state index contributed by atoms with van der Waals surface area (Å²) in [5.74, 6) is 0.633. The Kier molecular flexibility index (Phi) is 19.2. The van der Waals surface area contributed by atoms with Crippen molar-refractivity contribution in [2.45, 2.75) is 38.3 Å². The van der Waals surface area contributed by atoms with Gasteiger partial charge < -0.3 is 43.9 Å². The zero-order valence-electron chi connectivity index (χ0n) is 38.5. The minimum Gasteiger partial charge on any atom is -0.508 e. The highest BCUT2D eigenvalue weighted by molar-refractivity contribution is 6.18. The molecule has 0 aliphatic carbocycles. The van der Waals surface area contributed by atoms with Gasteiger partial charge in [0, 0.05) is 74.9 Å². The van der Waals surface area contributed by atoms with E-state index in [9.17, 15) is 24.3 Å². The largest absolute Gasteiger partial charge is 0.508 e. The number of phenolic OH excluding ortho intramolecular Hbond substituents is 1. The molecular weight excluding hydrogens is 890 g/mol. The van der Waals surface area contributed by atoms with Gasteiger partial charge in [0.1, 0.15) is 24.1 Å². The zero-order chi connectivity index (χ0) is 47.5. The summed E-state index contributed by atoms with van der Waals surface area (Å²) in [5.41, 5.74) is 7.56. The number of carbonyl (C=O) groups excluding carboxylic acids is 4. The summed E-state index contributed by atoms with van der Waals surface area (Å²) >= 11 is 6.31. The first-order chi connectivity index (χ1) is 33.3. The Hall–Kier alpha value is -5.81. The number of anilines is 1. The molecule has 0 spiro atoms. The van der Waals surface area contributed by atoms with Crippen LogP contribution in [0, 0.1) is 0 Å². The fourth-order valence-electron chi connectivity index (χ4n) is 8.61. The molecule has 4 amide bonds. The highest BCUT2D eigenvalue weighted by atomic mass is 35.5. The monoisotopic (exact) mass is 951 g/mol. The van der Waals surface area contributed by atoms with Crippen LogP contribution in [0.25, 0.3) is 11.1 Å². The molecule has 3 heterocycles. The van der Waals surface area contributed by atoms with Gasteiger partial charge in [0.2, 0.25) is 17.7 Å². The van der Waals surface area contributed by atoms with E-state index in [4.69, 9.17) is 35.3 Å². The first kappa shape index (κ1) is 50.1. The molecular formula is C52H62ClN5O10. The number of nitrogens with zero attached hydrogens (tertiary/aromatic N) is 3. The number of alkyl halides is 1. The number of carbonyl (C=O) groups is 4. The zero-order valence-corrected chi connectivity index (χ0v) is 39.3. The molecule has 7 rings (SSSR count). The van der Waals surface area contributed by atoms with Gasteiger partial charge in [-0.2, -0.15) is 0 Å². The van der Waals surface area contributed by atoms with Gasteiger partial charge in [-0.15, -0.1) is 11.6 Å². The number of benzene rings is 4. The third-order valence-corrected chi connectivity index (χ3v) is 12.4. The second-order valence-electron chi connectivity index (χ2n) is 16.7. The predicted molar refractivity (Wildman–Crippen MR) is 260 cm³/mol. The van der Waals surface area contributed by atoms with E-state index in [1.165, 1.54) is 0 Å². The average Bonchev–Trinajstić information content (AvgIpc) is 3.69. The van der Waals surface area contributed by atoms with Crippen molar-refractivity contribution >= 4 is 52.1 Å². The van der Waals surface area contributed by atoms with Crippen molar-refractivity contribution in [2.75, 3.05) is 110 Å². The Morgan fingerprint density at radius 2 is 1.35 bits per heavy atom. The summed E-state index contributed by atoms with van der Waals surface area (Å²) in [4.78, 5) is 55.6. The lowest BCUT2D eigenvalue weighted by molar-refractivity contribution is -0.137. The minimum atomic E-state index is -0.650. The van der Waals surface area contributed by atoms with Crippen molar-refractivity contribution in [1.29, 1.82) is 0 Å². The Balaban J connectivity index is 0.691. The van der Waals surface area contributed by atoms with Crippen LogP contribution < -0.4 is 15.4 Å². The van der Waals surface area contributed by atoms with Crippen molar-refractivity contribution in [3.05, 3.63) is 125 Å². The molecule has 16 heteroatoms. The number of hydrogen-bond acceptors (Lipinski definition) is 12. The van der Waals surface area contributed by atoms with Gasteiger partial charge in [0.25, 0.3) is 5.91 Å². The second kappa shape index (κ2) is 26.1. The molecule has 1 atom stereocenters. The summed E-state index contributed by atoms with van der Waals surface area (Å²) in [6, 6.07) is 30.5. The number of hydrogen-bond donors (Lipinski definition) is 3. The number of ether oxygens (including phenoxy) is 5. The summed E-state index contributed by atoms with van der Waals surface area (Å²) in [7, 11) is 0. The van der Waals surface area contributed by atoms with Crippen LogP contribution in [0.3, 0.4) is 0 Å². The molecule has 0 saturated carbocycles. The molecule has 3 N–H and O–H groups in total. The fourth-order valence-corrected chi connectivity index (χ4v) is 8.80. The Morgan fingerprint density at radius 1 is 0.706 bits per heavy atom. The van der Waals surface area contributed by atoms with Gasteiger partial charge in [0.05, 0.1) is 59.3 Å². The van der Waals surface area contributed by atoms with Gasteiger partial charge in [0.15, 0.2) is 0 Å². The molecule has 0 bridgehead atoms. The number of halogens is 1. The maximum atomic E-state index is 13.0. The van der Waals surface area contributed by atoms with Gasteiger partial charge >= 0.3 is 0 Å². The van der Waals surface area contributed by atoms with E-state index in [2.05, 4.69) is 39.8 Å². The smallest absolute Gasteiger partial charge is 0.255 e. The third-order valence-electron chi connectivity index (χ3n) is 12.2. The van der Waals surface area contributed by atoms with Crippen LogP contribution >= 0.6 is 11.6 Å². The molecule has 3 aliphatic heterocycles. The second-order valence-corrected chi connectivity index (χ2v) is 17.0. The Morgan fingerprint density at radius 3 is 2.01 bits per heavy atom. The number of piperazine rings is 1. The summed E-state index contributed by atoms with van der Waals surface area (Å²) in [6.45, 7) is 8.32. The standard InChI is InChI=1S/C52H62ClN5O10/c53-21-19-43(38-5-2-1-3-6-38)50(39-9-13-41(59)14-10-39)40-11-15-42(16-12-40)68-30-27-56-23-25-57(26-24-56)49(61)20-28-64-31-33-66-35-36-67-34-32-65-29-22-54-46-8-4-7-44-45(46)37-58(52(44)63)47-17-18-48(60)55-51(47)62/h1-16,47,54,59H,17-37H2,(H,55,60,62). The molecule has 4 aromatic carbocycles. The number of piperidine rings is 1. The van der Waals surface area contributed by atoms with E-state index in [0.717, 1.165) is 64.5 Å². The van der Waals surface area contributed by atoms with Crippen LogP contribution in [-0.4, -0.2) is 154 Å². The maximum Gasteiger partial charge on any atom is 0.255 e. The number of aromatic hydroxyl groups is 1. The molecule has 15 nitrogen and oxygen atoms in total. The Labute approximate surface area is 403 Å². The van der Waals surface area contributed by atoms with Crippen molar-refractivity contribution in [3.8, 4) is 11.5 Å². The number of amides is 4. The van der Waals surface area contributed by atoms with E-state index in [1.54, 1.807) is 23.1 Å². The van der Waals surface area contributed by atoms with E-state index in [0.29, 0.717) is 116 Å². The average molecular weight is 953 g/mol. The fraction of sp³-hybridized carbons (Fsp3) is 0.423. The van der Waals surface area contributed by atoms with E-state index >= 15 is 0 Å². The van der Waals surface area contributed by atoms with Crippen LogP contribution in [0.4, 0.5) is 5.69 Å². The molecule has 0 radical (unpaired) electrons. The normalized spacial score (nSPS) is 16.7. The lowest BCUT2D eigenvalue weighted by atomic mass is 9.88. The van der Waals surface area contributed by atoms with Crippen LogP contribution in [0.15, 0.2) is 97.1 Å². The number of rotatable bonds is 26. The molecule has 3 aliphatic rings. The van der Waals surface area contributed by atoms with E-state index in [-0.39, 0.29) is 29.9 Å². The number of allylic oxidation sites excluding steroid dienone is 1. The molecule has 68 heavy (non-hydrogen) atoms. The van der Waals surface area contributed by atoms with Gasteiger partial charge in [-0.05, 0) is 77.1 Å². The molecule has 4 aromatic rings. The minimum absolute atomic E-state index is 0.0916. The van der Waals surface area contributed by atoms with Crippen molar-refractivity contribution in [3.63, 3.8) is 0 Å². The number of nitrogens with one attached hydrogen (secondary N) is 2. The summed E-state index contributed by atoms with van der Waals surface area (Å²) < 4.78 is 28.7. The summed E-state index contributed by atoms with van der Waals surface area (Å²) in [5, 5.41) is 15.6. The van der Waals surface area contributed by atoms with Crippen molar-refractivity contribution < 1.29 is 48.0 Å². The lowest BCUT2D eigenvalue weighted by Gasteiger charge is -2.34. The number of fused-ring (bicyclic) bond motifs is 1. The van der Waals surface area contributed by atoms with Crippen LogP contribution in [0.2, 0.25) is 0 Å². The van der Waals surface area contributed by atoms with Gasteiger partial charge in [-0.1, -0.05) is 60.7 Å². The molecule has 362 valence electrons. The van der Waals surface area contributed by atoms with Gasteiger partial charge in [-0.25, -0.2) is 0 Å². The third kappa shape index (κ3) is 14.1. The predicted octanol–water partition coefficient (Wildman–Crippen LogP) is 5.83. The molecule has 0 aromatic heterocycles. The first-order valence-electron chi connectivity index (χ1n) is 23.5. The highest BCUT2D eigenvalue weighted by Crippen LogP contribution is 2.36. The van der Waals surface area contributed by atoms with Crippen LogP contribution in [0.1, 0.15) is 58.3 Å². The van der Waals surface area contributed by atoms with E-state index in [1.807, 2.05) is 59.5 Å². The first-order valence-corrected chi connectivity index (χ1v) is 24.0. The van der Waals surface area contributed by atoms with Crippen molar-refractivity contribution in [1.82, 2.24) is 20.0 Å². The Bertz CT molecular complexity index is 2310. The van der Waals surface area contributed by atoms with Gasteiger partial charge in [-0.3, -0.25) is 29.4 Å². The number of phenols is 1. The number of imide groups is 1. The highest BCUT2D eigenvalue weighted by Gasteiger charge is 2.39. The SMILES string of the molecule is O=C1CCC(N2Cc3c(NCCOCCOCCOCCOCCC(=O)N4CCN(CCOc5ccc(C(=C(CCCl)c6ccccc6)c6ccc(O)cc6)cc5)CC4)cccc3C2=O)C(=O)N1. The molecule has 2 saturated heterocycles. The van der Waals surface area contributed by atoms with Crippen LogP contribution in [0.5, 0.6) is 11.5 Å². The molecule has 1 unspecified atom stereocenters. The van der Waals surface area contributed by atoms with Crippen LogP contribution in [-0.2, 0) is 39.9 Å². The van der Waals surface area contributed by atoms with Crippen molar-refractivity contribution in [2.24, 2.45) is 0 Å². The molecule has 2 fully saturated rings. The lowest BCUT2D eigenvalue weighted by Crippen LogP contribution is -2.52. The summed E-state index contributed by atoms with van der Waals surface area (Å²) in [6.07, 6.45) is 1.56. The van der Waals surface area contributed by atoms with E-state index < -0.39 is 11.9 Å². The maximum absolute atomic E-state index is 13.0. The quantitative estimate of drug-likeness (QED) is 0.0299.